The van der Waals surface area contributed by atoms with Gasteiger partial charge < -0.3 is 5.32 Å². The number of carbonyl (C=O) groups is 1. The van der Waals surface area contributed by atoms with E-state index in [-0.39, 0.29) is 6.03 Å². The lowest BCUT2D eigenvalue weighted by atomic mass is 10.1. The molecule has 0 aliphatic rings. The first kappa shape index (κ1) is 13.8. The van der Waals surface area contributed by atoms with Gasteiger partial charge in [0, 0.05) is 5.39 Å². The summed E-state index contributed by atoms with van der Waals surface area (Å²) in [5, 5.41) is 8.81. The summed E-state index contributed by atoms with van der Waals surface area (Å²) in [6, 6.07) is 22.9. The van der Waals surface area contributed by atoms with Gasteiger partial charge in [-0.1, -0.05) is 66.7 Å². The summed E-state index contributed by atoms with van der Waals surface area (Å²) in [5.74, 6) is 0. The van der Waals surface area contributed by atoms with Crippen LogP contribution in [0.5, 0.6) is 0 Å². The van der Waals surface area contributed by atoms with Crippen LogP contribution >= 0.6 is 0 Å². The van der Waals surface area contributed by atoms with Gasteiger partial charge in [-0.3, -0.25) is 0 Å². The molecule has 108 valence electrons. The fraction of sp³-hybridized carbons (Fsp3) is 0. The van der Waals surface area contributed by atoms with E-state index >= 15 is 0 Å². The molecule has 0 radical (unpaired) electrons. The zero-order valence-electron chi connectivity index (χ0n) is 11.9. The summed E-state index contributed by atoms with van der Waals surface area (Å²) in [4.78, 5) is 11.9. The number of benzene rings is 3. The maximum absolute atomic E-state index is 11.9. The van der Waals surface area contributed by atoms with Crippen LogP contribution in [0.2, 0.25) is 0 Å². The average Bonchev–Trinajstić information content (AvgIpc) is 2.56. The van der Waals surface area contributed by atoms with Crippen molar-refractivity contribution in [1.29, 1.82) is 0 Å². The van der Waals surface area contributed by atoms with E-state index in [1.807, 2.05) is 72.8 Å². The number of hydrazone groups is 1. The lowest BCUT2D eigenvalue weighted by Crippen LogP contribution is -2.24. The number of rotatable bonds is 3. The summed E-state index contributed by atoms with van der Waals surface area (Å²) in [5.41, 5.74) is 4.14. The Morgan fingerprint density at radius 3 is 2.45 bits per heavy atom. The number of hydrogen-bond acceptors (Lipinski definition) is 2. The maximum atomic E-state index is 11.9. The van der Waals surface area contributed by atoms with E-state index < -0.39 is 0 Å². The number of anilines is 1. The minimum absolute atomic E-state index is 0.372. The summed E-state index contributed by atoms with van der Waals surface area (Å²) in [7, 11) is 0. The van der Waals surface area contributed by atoms with Crippen LogP contribution in [0.4, 0.5) is 10.5 Å². The van der Waals surface area contributed by atoms with Crippen LogP contribution in [-0.2, 0) is 0 Å². The lowest BCUT2D eigenvalue weighted by Gasteiger charge is -2.07. The van der Waals surface area contributed by atoms with Gasteiger partial charge in [0.05, 0.1) is 11.9 Å². The first-order valence-corrected chi connectivity index (χ1v) is 6.96. The molecule has 4 nitrogen and oxygen atoms in total. The minimum Gasteiger partial charge on any atom is -0.306 e. The van der Waals surface area contributed by atoms with E-state index in [1.165, 1.54) is 0 Å². The first-order chi connectivity index (χ1) is 10.8. The Bertz CT molecular complexity index is 807. The van der Waals surface area contributed by atoms with Gasteiger partial charge in [-0.25, -0.2) is 10.2 Å². The van der Waals surface area contributed by atoms with E-state index in [9.17, 15) is 4.79 Å². The standard InChI is InChI=1S/C18H15N3O/c22-18(21-19-13-14-7-2-1-3-8-14)20-17-12-6-10-15-9-4-5-11-16(15)17/h1-13H,(H2,20,21,22)/b19-13+. The second-order valence-corrected chi connectivity index (χ2v) is 4.76. The quantitative estimate of drug-likeness (QED) is 0.556. The third-order valence-corrected chi connectivity index (χ3v) is 3.22. The van der Waals surface area contributed by atoms with Crippen molar-refractivity contribution in [2.75, 3.05) is 5.32 Å². The molecule has 3 aromatic carbocycles. The minimum atomic E-state index is -0.372. The third-order valence-electron chi connectivity index (χ3n) is 3.22. The fourth-order valence-corrected chi connectivity index (χ4v) is 2.19. The molecule has 0 heterocycles. The maximum Gasteiger partial charge on any atom is 0.339 e. The highest BCUT2D eigenvalue weighted by atomic mass is 16.2. The predicted octanol–water partition coefficient (Wildman–Crippen LogP) is 4.00. The summed E-state index contributed by atoms with van der Waals surface area (Å²) < 4.78 is 0. The molecule has 0 aliphatic heterocycles. The molecule has 0 saturated heterocycles. The van der Waals surface area contributed by atoms with Crippen molar-refractivity contribution in [1.82, 2.24) is 5.43 Å². The lowest BCUT2D eigenvalue weighted by molar-refractivity contribution is 0.252. The van der Waals surface area contributed by atoms with E-state index in [4.69, 9.17) is 0 Å². The number of hydrogen-bond donors (Lipinski definition) is 2. The molecule has 3 rings (SSSR count). The molecule has 0 aromatic heterocycles. The van der Waals surface area contributed by atoms with Gasteiger partial charge in [0.15, 0.2) is 0 Å². The highest BCUT2D eigenvalue weighted by Crippen LogP contribution is 2.22. The summed E-state index contributed by atoms with van der Waals surface area (Å²) in [6.45, 7) is 0. The summed E-state index contributed by atoms with van der Waals surface area (Å²) >= 11 is 0. The molecule has 0 unspecified atom stereocenters. The van der Waals surface area contributed by atoms with Crippen LogP contribution in [0.3, 0.4) is 0 Å². The molecule has 2 N–H and O–H groups in total. The molecule has 4 heteroatoms. The molecule has 0 aliphatic carbocycles. The van der Waals surface area contributed by atoms with Crippen LogP contribution < -0.4 is 10.7 Å². The van der Waals surface area contributed by atoms with E-state index in [0.29, 0.717) is 0 Å². The molecule has 0 atom stereocenters. The first-order valence-electron chi connectivity index (χ1n) is 6.96. The van der Waals surface area contributed by atoms with E-state index in [1.54, 1.807) is 6.21 Å². The molecule has 0 fully saturated rings. The van der Waals surface area contributed by atoms with Gasteiger partial charge in [-0.2, -0.15) is 5.10 Å². The monoisotopic (exact) mass is 289 g/mol. The van der Waals surface area contributed by atoms with Crippen molar-refractivity contribution < 1.29 is 4.79 Å². The van der Waals surface area contributed by atoms with Crippen LogP contribution in [-0.4, -0.2) is 12.2 Å². The summed E-state index contributed by atoms with van der Waals surface area (Å²) in [6.07, 6.45) is 1.60. The highest BCUT2D eigenvalue weighted by molar-refractivity contribution is 6.01. The van der Waals surface area contributed by atoms with Crippen molar-refractivity contribution >= 4 is 28.7 Å². The number of amides is 2. The number of fused-ring (bicyclic) bond motifs is 1. The smallest absolute Gasteiger partial charge is 0.306 e. The third kappa shape index (κ3) is 3.30. The molecule has 3 aromatic rings. The Morgan fingerprint density at radius 2 is 1.59 bits per heavy atom. The van der Waals surface area contributed by atoms with Gasteiger partial charge in [0.2, 0.25) is 0 Å². The van der Waals surface area contributed by atoms with E-state index in [0.717, 1.165) is 22.0 Å². The van der Waals surface area contributed by atoms with Crippen molar-refractivity contribution in [2.24, 2.45) is 5.10 Å². The second kappa shape index (κ2) is 6.54. The fourth-order valence-electron chi connectivity index (χ4n) is 2.19. The van der Waals surface area contributed by atoms with Gasteiger partial charge in [0.1, 0.15) is 0 Å². The molecule has 0 saturated carbocycles. The number of urea groups is 1. The van der Waals surface area contributed by atoms with Crippen molar-refractivity contribution in [2.45, 2.75) is 0 Å². The number of nitrogens with zero attached hydrogens (tertiary/aromatic N) is 1. The van der Waals surface area contributed by atoms with Crippen molar-refractivity contribution in [3.8, 4) is 0 Å². The average molecular weight is 289 g/mol. The van der Waals surface area contributed by atoms with Gasteiger partial charge in [0.25, 0.3) is 0 Å². The topological polar surface area (TPSA) is 53.5 Å². The SMILES string of the molecule is O=C(N/N=C/c1ccccc1)Nc1cccc2ccccc12. The van der Waals surface area contributed by atoms with Crippen LogP contribution in [0, 0.1) is 0 Å². The molecular weight excluding hydrogens is 274 g/mol. The zero-order valence-corrected chi connectivity index (χ0v) is 11.9. The van der Waals surface area contributed by atoms with Gasteiger partial charge in [-0.15, -0.1) is 0 Å². The Labute approximate surface area is 128 Å². The molecule has 0 spiro atoms. The Morgan fingerprint density at radius 1 is 0.864 bits per heavy atom. The van der Waals surface area contributed by atoms with Gasteiger partial charge >= 0.3 is 6.03 Å². The zero-order chi connectivity index (χ0) is 15.2. The Balaban J connectivity index is 1.67. The molecule has 0 bridgehead atoms. The Kier molecular flexibility index (Phi) is 4.11. The van der Waals surface area contributed by atoms with Crippen molar-refractivity contribution in [3.05, 3.63) is 78.4 Å². The molecule has 22 heavy (non-hydrogen) atoms. The number of nitrogens with one attached hydrogen (secondary N) is 2. The van der Waals surface area contributed by atoms with Crippen LogP contribution in [0.1, 0.15) is 5.56 Å². The largest absolute Gasteiger partial charge is 0.339 e. The van der Waals surface area contributed by atoms with E-state index in [2.05, 4.69) is 15.8 Å². The molecular formula is C18H15N3O. The normalized spacial score (nSPS) is 10.7. The van der Waals surface area contributed by atoms with Crippen LogP contribution in [0.25, 0.3) is 10.8 Å². The predicted molar refractivity (Wildman–Crippen MR) is 90.1 cm³/mol. The molecule has 2 amide bonds. The highest BCUT2D eigenvalue weighted by Gasteiger charge is 2.03. The Hall–Kier alpha value is -3.14. The number of carbonyl (C=O) groups excluding carboxylic acids is 1. The van der Waals surface area contributed by atoms with Crippen LogP contribution in [0.15, 0.2) is 77.9 Å². The van der Waals surface area contributed by atoms with Gasteiger partial charge in [-0.05, 0) is 17.0 Å². The van der Waals surface area contributed by atoms with Crippen molar-refractivity contribution in [3.63, 3.8) is 0 Å². The second-order valence-electron chi connectivity index (χ2n) is 4.76.